The molecule has 0 aliphatic carbocycles. The van der Waals surface area contributed by atoms with Crippen molar-refractivity contribution >= 4 is 30.7 Å². The molecule has 0 unspecified atom stereocenters. The van der Waals surface area contributed by atoms with Gasteiger partial charge in [0.2, 0.25) is 5.82 Å². The molecule has 1 aromatic carbocycles. The minimum atomic E-state index is -4.54. The fourth-order valence-electron chi connectivity index (χ4n) is 4.85. The van der Waals surface area contributed by atoms with Crippen LogP contribution in [0.1, 0.15) is 42.8 Å². The molecule has 1 aliphatic heterocycles. The lowest BCUT2D eigenvalue weighted by Gasteiger charge is -2.30. The van der Waals surface area contributed by atoms with Gasteiger partial charge in [0.05, 0.1) is 24.0 Å². The van der Waals surface area contributed by atoms with E-state index in [0.717, 1.165) is 21.9 Å². The maximum atomic E-state index is 13.4. The third-order valence-corrected chi connectivity index (χ3v) is 8.94. The van der Waals surface area contributed by atoms with E-state index in [1.165, 1.54) is 0 Å². The van der Waals surface area contributed by atoms with Crippen LogP contribution < -0.4 is 4.90 Å². The predicted octanol–water partition coefficient (Wildman–Crippen LogP) is 6.27. The zero-order valence-electron chi connectivity index (χ0n) is 24.8. The number of carbonyl (C=O) groups is 1. The summed E-state index contributed by atoms with van der Waals surface area (Å²) in [6.07, 6.45) is -1.09. The van der Waals surface area contributed by atoms with E-state index in [1.807, 2.05) is 54.5 Å². The van der Waals surface area contributed by atoms with E-state index in [-0.39, 0.29) is 31.4 Å². The Labute approximate surface area is 243 Å². The lowest BCUT2D eigenvalue weighted by molar-refractivity contribution is -0.147. The van der Waals surface area contributed by atoms with E-state index in [9.17, 15) is 18.0 Å². The summed E-state index contributed by atoms with van der Waals surface area (Å²) in [5, 5.41) is 7.16. The summed E-state index contributed by atoms with van der Waals surface area (Å²) in [5.41, 5.74) is 3.14. The maximum absolute atomic E-state index is 13.4. The summed E-state index contributed by atoms with van der Waals surface area (Å²) in [5.74, 6) is -0.744. The van der Waals surface area contributed by atoms with Crippen LogP contribution in [0.4, 0.5) is 18.9 Å². The van der Waals surface area contributed by atoms with Crippen molar-refractivity contribution in [2.75, 3.05) is 18.1 Å². The molecule has 4 heterocycles. The van der Waals surface area contributed by atoms with Crippen LogP contribution in [0.5, 0.6) is 0 Å². The summed E-state index contributed by atoms with van der Waals surface area (Å²) in [4.78, 5) is 25.0. The smallest absolute Gasteiger partial charge is 0.362 e. The Kier molecular flexibility index (Phi) is 7.77. The number of nitrogens with zero attached hydrogens (tertiary/aromatic N) is 7. The number of carbonyl (C=O) groups excluding carboxylic acids is 1. The molecule has 0 spiro atoms. The average Bonchev–Trinajstić information content (AvgIpc) is 3.51. The number of fused-ring (bicyclic) bond motifs is 2. The zero-order valence-corrected chi connectivity index (χ0v) is 25.8. The Balaban J connectivity index is 1.44. The van der Waals surface area contributed by atoms with Gasteiger partial charge in [0.25, 0.3) is 0 Å². The van der Waals surface area contributed by atoms with Gasteiger partial charge < -0.3 is 18.8 Å². The van der Waals surface area contributed by atoms with E-state index in [2.05, 4.69) is 29.8 Å². The number of anilines is 1. The Bertz CT molecular complexity index is 1620. The second kappa shape index (κ2) is 10.9. The average molecular weight is 600 g/mol. The SMILES string of the molecule is CC(C)(C)C(=O)c1cn(COCC[Si](C)(C)C)c2ncc(-c3cccc(N4CCn5c(nnc5C(F)(F)F)C4)c3)nc12. The quantitative estimate of drug-likeness (QED) is 0.134. The molecule has 3 aromatic heterocycles. The van der Waals surface area contributed by atoms with Crippen LogP contribution in [-0.4, -0.2) is 56.3 Å². The molecule has 224 valence electrons. The molecule has 0 saturated heterocycles. The van der Waals surface area contributed by atoms with Crippen molar-refractivity contribution in [2.45, 2.75) is 72.5 Å². The highest BCUT2D eigenvalue weighted by molar-refractivity contribution is 6.76. The van der Waals surface area contributed by atoms with Crippen LogP contribution in [0.2, 0.25) is 25.7 Å². The number of aromatic nitrogens is 6. The highest BCUT2D eigenvalue weighted by Crippen LogP contribution is 2.33. The Morgan fingerprint density at radius 2 is 1.86 bits per heavy atom. The first-order chi connectivity index (χ1) is 19.6. The van der Waals surface area contributed by atoms with Gasteiger partial charge in [0.1, 0.15) is 12.2 Å². The molecule has 13 heteroatoms. The highest BCUT2D eigenvalue weighted by atomic mass is 28.3. The molecule has 1 aliphatic rings. The summed E-state index contributed by atoms with van der Waals surface area (Å²) in [7, 11) is -1.25. The minimum absolute atomic E-state index is 0.0378. The van der Waals surface area contributed by atoms with Gasteiger partial charge in [-0.05, 0) is 18.2 Å². The van der Waals surface area contributed by atoms with Crippen LogP contribution in [0, 0.1) is 5.41 Å². The van der Waals surface area contributed by atoms with Crippen LogP contribution in [0.15, 0.2) is 36.7 Å². The summed E-state index contributed by atoms with van der Waals surface area (Å²) < 4.78 is 48.7. The zero-order chi connectivity index (χ0) is 30.4. The molecule has 42 heavy (non-hydrogen) atoms. The van der Waals surface area contributed by atoms with Gasteiger partial charge in [0, 0.05) is 50.6 Å². The molecule has 4 aromatic rings. The number of hydrogen-bond acceptors (Lipinski definition) is 7. The molecule has 0 bridgehead atoms. The molecule has 0 radical (unpaired) electrons. The van der Waals surface area contributed by atoms with Gasteiger partial charge in [0.15, 0.2) is 17.3 Å². The summed E-state index contributed by atoms with van der Waals surface area (Å²) in [6.45, 7) is 14.1. The number of ether oxygens (including phenoxy) is 1. The van der Waals surface area contributed by atoms with E-state index in [1.54, 1.807) is 12.4 Å². The minimum Gasteiger partial charge on any atom is -0.362 e. The van der Waals surface area contributed by atoms with Gasteiger partial charge >= 0.3 is 6.18 Å². The molecule has 0 saturated carbocycles. The summed E-state index contributed by atoms with van der Waals surface area (Å²) >= 11 is 0. The van der Waals surface area contributed by atoms with Crippen LogP contribution in [0.25, 0.3) is 22.4 Å². The fraction of sp³-hybridized carbons (Fsp3) is 0.483. The number of alkyl halides is 3. The first-order valence-electron chi connectivity index (χ1n) is 13.9. The Morgan fingerprint density at radius 3 is 2.55 bits per heavy atom. The van der Waals surface area contributed by atoms with E-state index in [4.69, 9.17) is 14.7 Å². The van der Waals surface area contributed by atoms with Gasteiger partial charge in [-0.3, -0.25) is 4.79 Å². The van der Waals surface area contributed by atoms with Crippen molar-refractivity contribution < 1.29 is 22.7 Å². The molecular formula is C29H36F3N7O2Si. The number of benzene rings is 1. The van der Waals surface area contributed by atoms with Crippen molar-refractivity contribution in [3.63, 3.8) is 0 Å². The van der Waals surface area contributed by atoms with Crippen molar-refractivity contribution in [1.82, 2.24) is 29.3 Å². The number of ketones is 1. The van der Waals surface area contributed by atoms with Crippen LogP contribution in [-0.2, 0) is 30.7 Å². The topological polar surface area (TPSA) is 91.0 Å². The molecule has 0 amide bonds. The highest BCUT2D eigenvalue weighted by Gasteiger charge is 2.39. The number of Topliss-reactive ketones (excluding diaryl/α,β-unsaturated/α-hetero) is 1. The first-order valence-corrected chi connectivity index (χ1v) is 17.7. The maximum Gasteiger partial charge on any atom is 0.451 e. The van der Waals surface area contributed by atoms with Crippen LogP contribution >= 0.6 is 0 Å². The number of halogens is 3. The molecule has 9 nitrogen and oxygen atoms in total. The van der Waals surface area contributed by atoms with Gasteiger partial charge in [-0.2, -0.15) is 13.2 Å². The second-order valence-electron chi connectivity index (χ2n) is 12.9. The lowest BCUT2D eigenvalue weighted by atomic mass is 9.87. The Hall–Kier alpha value is -3.58. The van der Waals surface area contributed by atoms with E-state index >= 15 is 0 Å². The third kappa shape index (κ3) is 6.26. The largest absolute Gasteiger partial charge is 0.451 e. The van der Waals surface area contributed by atoms with Crippen molar-refractivity contribution in [1.29, 1.82) is 0 Å². The van der Waals surface area contributed by atoms with Crippen molar-refractivity contribution in [3.05, 3.63) is 53.9 Å². The summed E-state index contributed by atoms with van der Waals surface area (Å²) in [6, 6.07) is 8.62. The van der Waals surface area contributed by atoms with Crippen LogP contribution in [0.3, 0.4) is 0 Å². The molecule has 0 fully saturated rings. The normalized spacial score (nSPS) is 14.5. The van der Waals surface area contributed by atoms with E-state index < -0.39 is 25.5 Å². The Morgan fingerprint density at radius 1 is 1.10 bits per heavy atom. The fourth-order valence-corrected chi connectivity index (χ4v) is 5.61. The molecule has 0 atom stereocenters. The van der Waals surface area contributed by atoms with E-state index in [0.29, 0.717) is 35.6 Å². The van der Waals surface area contributed by atoms with Gasteiger partial charge in [-0.25, -0.2) is 9.97 Å². The third-order valence-electron chi connectivity index (χ3n) is 7.23. The molecular weight excluding hydrogens is 563 g/mol. The second-order valence-corrected chi connectivity index (χ2v) is 18.5. The standard InChI is InChI=1S/C29H36F3N7O2Si/c1-28(2,3)25(40)21-16-38(18-41-12-13-42(4,5)6)26-24(21)34-22(15-33-26)19-8-7-9-20(14-19)37-10-11-39-23(17-37)35-36-27(39)29(30,31)32/h7-9,14-16H,10-13,17-18H2,1-6H3. The predicted molar refractivity (Wildman–Crippen MR) is 157 cm³/mol. The van der Waals surface area contributed by atoms with Gasteiger partial charge in [-0.15, -0.1) is 10.2 Å². The first kappa shape index (κ1) is 29.9. The molecule has 5 rings (SSSR count). The lowest BCUT2D eigenvalue weighted by Crippen LogP contribution is -2.35. The van der Waals surface area contributed by atoms with Crippen molar-refractivity contribution in [3.8, 4) is 11.3 Å². The monoisotopic (exact) mass is 599 g/mol. The number of hydrogen-bond donors (Lipinski definition) is 0. The van der Waals surface area contributed by atoms with Crippen molar-refractivity contribution in [2.24, 2.45) is 5.41 Å². The molecule has 0 N–H and O–H groups in total. The number of rotatable bonds is 8. The van der Waals surface area contributed by atoms with Gasteiger partial charge in [-0.1, -0.05) is 52.5 Å².